The molecule has 0 radical (unpaired) electrons. The van der Waals surface area contributed by atoms with Gasteiger partial charge in [-0.2, -0.15) is 0 Å². The van der Waals surface area contributed by atoms with Crippen LogP contribution in [0.2, 0.25) is 0 Å². The molecule has 3 atom stereocenters. The van der Waals surface area contributed by atoms with Crippen LogP contribution < -0.4 is 0 Å². The lowest BCUT2D eigenvalue weighted by molar-refractivity contribution is -0.182. The van der Waals surface area contributed by atoms with Crippen LogP contribution in [0.15, 0.2) is 30.3 Å². The van der Waals surface area contributed by atoms with E-state index in [9.17, 15) is 22.8 Å². The molecule has 2 saturated heterocycles. The summed E-state index contributed by atoms with van der Waals surface area (Å²) in [6.45, 7) is 3.79. The molecule has 1 amide bonds. The van der Waals surface area contributed by atoms with E-state index in [0.717, 1.165) is 17.4 Å². The zero-order valence-electron chi connectivity index (χ0n) is 14.5. The molecule has 1 aromatic rings. The van der Waals surface area contributed by atoms with E-state index in [1.165, 1.54) is 13.8 Å². The minimum atomic E-state index is -3.94. The second-order valence-electron chi connectivity index (χ2n) is 6.81. The molecule has 9 heteroatoms. The minimum absolute atomic E-state index is 0.0353. The predicted molar refractivity (Wildman–Crippen MR) is 89.2 cm³/mol. The smallest absolute Gasteiger partial charge is 0.330 e. The van der Waals surface area contributed by atoms with Crippen LogP contribution >= 0.6 is 0 Å². The fraction of sp³-hybridized carbons (Fsp3) is 0.471. The molecule has 0 aromatic heterocycles. The van der Waals surface area contributed by atoms with Gasteiger partial charge in [-0.3, -0.25) is 9.59 Å². The Morgan fingerprint density at radius 1 is 1.19 bits per heavy atom. The Morgan fingerprint density at radius 3 is 2.38 bits per heavy atom. The van der Waals surface area contributed by atoms with Crippen LogP contribution in [0.5, 0.6) is 0 Å². The average Bonchev–Trinajstić information content (AvgIpc) is 2.72. The largest absolute Gasteiger partial charge is 0.459 e. The third-order valence-electron chi connectivity index (χ3n) is 4.76. The number of amides is 1. The lowest BCUT2D eigenvalue weighted by atomic mass is 9.97. The quantitative estimate of drug-likeness (QED) is 0.549. The summed E-state index contributed by atoms with van der Waals surface area (Å²) < 4.78 is 34.2. The molecule has 2 fully saturated rings. The lowest BCUT2D eigenvalue weighted by Crippen LogP contribution is -2.68. The van der Waals surface area contributed by atoms with Crippen molar-refractivity contribution >= 4 is 27.7 Å². The molecule has 0 aliphatic carbocycles. The van der Waals surface area contributed by atoms with Crippen LogP contribution in [0, 0.1) is 0 Å². The highest BCUT2D eigenvalue weighted by atomic mass is 32.2. The SMILES string of the molecule is CC(=O)O[C@H]1C(=O)N2[C@@H](C(=O)OCc3ccccc3)C(C)(C)S(=O)(=O)[C@H]12. The summed E-state index contributed by atoms with van der Waals surface area (Å²) in [7, 11) is -3.94. The second-order valence-corrected chi connectivity index (χ2v) is 9.44. The van der Waals surface area contributed by atoms with E-state index in [1.807, 2.05) is 6.07 Å². The van der Waals surface area contributed by atoms with Gasteiger partial charge in [0.05, 0.1) is 0 Å². The maximum atomic E-state index is 12.8. The number of sulfone groups is 1. The molecule has 2 aliphatic rings. The maximum Gasteiger partial charge on any atom is 0.330 e. The number of rotatable bonds is 4. The Balaban J connectivity index is 1.84. The monoisotopic (exact) mass is 381 g/mol. The first-order valence-electron chi connectivity index (χ1n) is 8.02. The lowest BCUT2D eigenvalue weighted by Gasteiger charge is -2.41. The van der Waals surface area contributed by atoms with Gasteiger partial charge in [0.15, 0.2) is 15.2 Å². The van der Waals surface area contributed by atoms with Crippen molar-refractivity contribution in [1.82, 2.24) is 4.90 Å². The second kappa shape index (κ2) is 6.08. The van der Waals surface area contributed by atoms with Crippen LogP contribution in [0.4, 0.5) is 0 Å². The summed E-state index contributed by atoms with van der Waals surface area (Å²) >= 11 is 0. The van der Waals surface area contributed by atoms with Gasteiger partial charge in [0.25, 0.3) is 5.91 Å². The Kier molecular flexibility index (Phi) is 4.30. The molecule has 1 aromatic carbocycles. The van der Waals surface area contributed by atoms with Gasteiger partial charge in [0.2, 0.25) is 6.10 Å². The van der Waals surface area contributed by atoms with Crippen molar-refractivity contribution in [3.63, 3.8) is 0 Å². The standard InChI is InChI=1S/C17H19NO7S/c1-10(19)25-12-14(20)18-13(17(2,3)26(22,23)15(12)18)16(21)24-9-11-7-5-4-6-8-11/h4-8,12-13,15H,9H2,1-3H3/t12-,13-,15+/m0/s1. The molecular formula is C17H19NO7S. The molecule has 8 nitrogen and oxygen atoms in total. The topological polar surface area (TPSA) is 107 Å². The number of benzene rings is 1. The highest BCUT2D eigenvalue weighted by molar-refractivity contribution is 7.94. The summed E-state index contributed by atoms with van der Waals surface area (Å²) in [6.07, 6.45) is -1.41. The summed E-state index contributed by atoms with van der Waals surface area (Å²) in [5.41, 5.74) is 0.740. The zero-order chi connectivity index (χ0) is 19.3. The third kappa shape index (κ3) is 2.57. The Labute approximate surface area is 151 Å². The van der Waals surface area contributed by atoms with Crippen LogP contribution in [-0.2, 0) is 40.3 Å². The Hall–Kier alpha value is -2.42. The molecule has 0 unspecified atom stereocenters. The molecule has 2 heterocycles. The van der Waals surface area contributed by atoms with Gasteiger partial charge >= 0.3 is 11.9 Å². The first kappa shape index (κ1) is 18.4. The molecule has 140 valence electrons. The Bertz CT molecular complexity index is 862. The van der Waals surface area contributed by atoms with Crippen LogP contribution in [-0.4, -0.2) is 53.4 Å². The Morgan fingerprint density at radius 2 is 1.81 bits per heavy atom. The number of hydrogen-bond acceptors (Lipinski definition) is 7. The van der Waals surface area contributed by atoms with Gasteiger partial charge < -0.3 is 14.4 Å². The van der Waals surface area contributed by atoms with Gasteiger partial charge in [0.1, 0.15) is 17.4 Å². The first-order chi connectivity index (χ1) is 12.1. The number of ether oxygens (including phenoxy) is 2. The van der Waals surface area contributed by atoms with E-state index < -0.39 is 49.9 Å². The molecule has 0 spiro atoms. The highest BCUT2D eigenvalue weighted by Crippen LogP contribution is 2.47. The molecular weight excluding hydrogens is 362 g/mol. The number of fused-ring (bicyclic) bond motifs is 1. The fourth-order valence-electron chi connectivity index (χ4n) is 3.34. The van der Waals surface area contributed by atoms with E-state index in [2.05, 4.69) is 0 Å². The van der Waals surface area contributed by atoms with Crippen molar-refractivity contribution in [1.29, 1.82) is 0 Å². The van der Waals surface area contributed by atoms with Crippen molar-refractivity contribution < 1.29 is 32.3 Å². The van der Waals surface area contributed by atoms with Crippen molar-refractivity contribution in [2.45, 2.75) is 49.6 Å². The van der Waals surface area contributed by atoms with Gasteiger partial charge in [0, 0.05) is 6.92 Å². The molecule has 0 N–H and O–H groups in total. The van der Waals surface area contributed by atoms with E-state index in [-0.39, 0.29) is 6.61 Å². The zero-order valence-corrected chi connectivity index (χ0v) is 15.4. The van der Waals surface area contributed by atoms with Crippen LogP contribution in [0.1, 0.15) is 26.3 Å². The fourth-order valence-corrected chi connectivity index (χ4v) is 5.50. The number of esters is 2. The van der Waals surface area contributed by atoms with Crippen LogP contribution in [0.25, 0.3) is 0 Å². The normalized spacial score (nSPS) is 28.0. The highest BCUT2D eigenvalue weighted by Gasteiger charge is 2.73. The van der Waals surface area contributed by atoms with Crippen molar-refractivity contribution in [2.75, 3.05) is 0 Å². The maximum absolute atomic E-state index is 12.8. The minimum Gasteiger partial charge on any atom is -0.459 e. The van der Waals surface area contributed by atoms with Gasteiger partial charge in [-0.1, -0.05) is 30.3 Å². The van der Waals surface area contributed by atoms with Gasteiger partial charge in [-0.05, 0) is 19.4 Å². The summed E-state index contributed by atoms with van der Waals surface area (Å²) in [5.74, 6) is -2.27. The average molecular weight is 381 g/mol. The first-order valence-corrected chi connectivity index (χ1v) is 9.57. The number of carbonyl (C=O) groups excluding carboxylic acids is 3. The molecule has 0 saturated carbocycles. The number of nitrogens with zero attached hydrogens (tertiary/aromatic N) is 1. The number of β-lactam (4-membered cyclic amide) rings is 1. The van der Waals surface area contributed by atoms with E-state index in [4.69, 9.17) is 9.47 Å². The van der Waals surface area contributed by atoms with E-state index >= 15 is 0 Å². The molecule has 26 heavy (non-hydrogen) atoms. The van der Waals surface area contributed by atoms with Crippen molar-refractivity contribution in [3.8, 4) is 0 Å². The molecule has 3 rings (SSSR count). The molecule has 2 aliphatic heterocycles. The van der Waals surface area contributed by atoms with Crippen molar-refractivity contribution in [2.24, 2.45) is 0 Å². The van der Waals surface area contributed by atoms with E-state index in [0.29, 0.717) is 0 Å². The van der Waals surface area contributed by atoms with Gasteiger partial charge in [-0.15, -0.1) is 0 Å². The predicted octanol–water partition coefficient (Wildman–Crippen LogP) is 0.405. The van der Waals surface area contributed by atoms with Crippen molar-refractivity contribution in [3.05, 3.63) is 35.9 Å². The van der Waals surface area contributed by atoms with E-state index in [1.54, 1.807) is 24.3 Å². The summed E-state index contributed by atoms with van der Waals surface area (Å²) in [4.78, 5) is 37.0. The molecule has 0 bridgehead atoms. The number of carbonyl (C=O) groups is 3. The van der Waals surface area contributed by atoms with Crippen LogP contribution in [0.3, 0.4) is 0 Å². The summed E-state index contributed by atoms with van der Waals surface area (Å²) in [5, 5.41) is -1.36. The van der Waals surface area contributed by atoms with Gasteiger partial charge in [-0.25, -0.2) is 13.2 Å². The third-order valence-corrected chi connectivity index (χ3v) is 7.56. The summed E-state index contributed by atoms with van der Waals surface area (Å²) in [6, 6.07) is 7.62. The number of hydrogen-bond donors (Lipinski definition) is 0.